The average Bonchev–Trinajstić information content (AvgIpc) is 3.13. The SMILES string of the molecule is CCCCCCCCN1C(=O)CC(Sc2nc3ccccc3s2)C1=O. The first-order valence-corrected chi connectivity index (χ1v) is 10.7. The molecule has 0 bridgehead atoms. The number of hydrogen-bond donors (Lipinski definition) is 0. The highest BCUT2D eigenvalue weighted by Gasteiger charge is 2.39. The van der Waals surface area contributed by atoms with Crippen molar-refractivity contribution in [1.29, 1.82) is 0 Å². The number of rotatable bonds is 9. The van der Waals surface area contributed by atoms with E-state index in [4.69, 9.17) is 0 Å². The minimum atomic E-state index is -0.312. The summed E-state index contributed by atoms with van der Waals surface area (Å²) in [6.45, 7) is 2.77. The van der Waals surface area contributed by atoms with Crippen molar-refractivity contribution in [3.63, 3.8) is 0 Å². The van der Waals surface area contributed by atoms with Gasteiger partial charge in [-0.05, 0) is 18.6 Å². The molecule has 1 unspecified atom stereocenters. The summed E-state index contributed by atoms with van der Waals surface area (Å²) in [5.41, 5.74) is 0.954. The highest BCUT2D eigenvalue weighted by Crippen LogP contribution is 2.36. The first kappa shape index (κ1) is 18.4. The summed E-state index contributed by atoms with van der Waals surface area (Å²) in [7, 11) is 0. The average molecular weight is 377 g/mol. The summed E-state index contributed by atoms with van der Waals surface area (Å²) >= 11 is 3.03. The van der Waals surface area contributed by atoms with Crippen molar-refractivity contribution >= 4 is 45.1 Å². The number of para-hydroxylation sites is 1. The molecule has 1 saturated heterocycles. The zero-order valence-electron chi connectivity index (χ0n) is 14.6. The molecule has 0 N–H and O–H groups in total. The first-order valence-electron chi connectivity index (χ1n) is 9.05. The number of aromatic nitrogens is 1. The van der Waals surface area contributed by atoms with Gasteiger partial charge in [0.2, 0.25) is 11.8 Å². The van der Waals surface area contributed by atoms with Gasteiger partial charge in [0.05, 0.1) is 15.5 Å². The van der Waals surface area contributed by atoms with Gasteiger partial charge in [-0.25, -0.2) is 4.98 Å². The number of carbonyl (C=O) groups excluding carboxylic acids is 2. The van der Waals surface area contributed by atoms with Crippen molar-refractivity contribution in [2.45, 2.75) is 61.5 Å². The molecule has 1 aliphatic rings. The summed E-state index contributed by atoms with van der Waals surface area (Å²) in [4.78, 5) is 30.8. The summed E-state index contributed by atoms with van der Waals surface area (Å²) in [5.74, 6) is -0.0695. The van der Waals surface area contributed by atoms with Crippen LogP contribution in [-0.2, 0) is 9.59 Å². The third kappa shape index (κ3) is 4.61. The Labute approximate surface area is 157 Å². The zero-order chi connectivity index (χ0) is 17.6. The fourth-order valence-electron chi connectivity index (χ4n) is 3.05. The monoisotopic (exact) mass is 376 g/mol. The third-order valence-corrected chi connectivity index (χ3v) is 6.77. The van der Waals surface area contributed by atoms with Crippen LogP contribution in [0, 0.1) is 0 Å². The fraction of sp³-hybridized carbons (Fsp3) is 0.526. The molecule has 6 heteroatoms. The van der Waals surface area contributed by atoms with E-state index in [1.807, 2.05) is 24.3 Å². The number of fused-ring (bicyclic) bond motifs is 1. The van der Waals surface area contributed by atoms with Crippen LogP contribution in [0.1, 0.15) is 51.9 Å². The van der Waals surface area contributed by atoms with Crippen molar-refractivity contribution in [2.75, 3.05) is 6.54 Å². The summed E-state index contributed by atoms with van der Waals surface area (Å²) in [6.07, 6.45) is 7.24. The molecular weight excluding hydrogens is 352 g/mol. The van der Waals surface area contributed by atoms with Crippen LogP contribution < -0.4 is 0 Å². The molecule has 2 amide bonds. The maximum atomic E-state index is 12.6. The number of carbonyl (C=O) groups is 2. The van der Waals surface area contributed by atoms with E-state index in [0.29, 0.717) is 13.0 Å². The van der Waals surface area contributed by atoms with Gasteiger partial charge in [0, 0.05) is 13.0 Å². The van der Waals surface area contributed by atoms with E-state index in [-0.39, 0.29) is 17.1 Å². The van der Waals surface area contributed by atoms with Gasteiger partial charge >= 0.3 is 0 Å². The van der Waals surface area contributed by atoms with Gasteiger partial charge in [-0.15, -0.1) is 11.3 Å². The lowest BCUT2D eigenvalue weighted by atomic mass is 10.1. The quantitative estimate of drug-likeness (QED) is 0.462. The maximum Gasteiger partial charge on any atom is 0.243 e. The number of thioether (sulfide) groups is 1. The van der Waals surface area contributed by atoms with Crippen LogP contribution in [0.5, 0.6) is 0 Å². The standard InChI is InChI=1S/C19H24N2O2S2/c1-2-3-4-5-6-9-12-21-17(22)13-16(18(21)23)25-19-20-14-10-7-8-11-15(14)24-19/h7-8,10-11,16H,2-6,9,12-13H2,1H3. The molecule has 4 nitrogen and oxygen atoms in total. The normalized spacial score (nSPS) is 17.8. The minimum absolute atomic E-state index is 0.0304. The fourth-order valence-corrected chi connectivity index (χ4v) is 5.41. The van der Waals surface area contributed by atoms with Gasteiger partial charge in [0.25, 0.3) is 0 Å². The molecule has 0 saturated carbocycles. The minimum Gasteiger partial charge on any atom is -0.282 e. The van der Waals surface area contributed by atoms with E-state index in [2.05, 4.69) is 11.9 Å². The molecular formula is C19H24N2O2S2. The third-order valence-electron chi connectivity index (χ3n) is 4.46. The Balaban J connectivity index is 1.52. The van der Waals surface area contributed by atoms with Crippen LogP contribution in [0.4, 0.5) is 0 Å². The molecule has 0 aliphatic carbocycles. The molecule has 0 spiro atoms. The van der Waals surface area contributed by atoms with Gasteiger partial charge < -0.3 is 0 Å². The van der Waals surface area contributed by atoms with E-state index in [1.54, 1.807) is 11.3 Å². The Morgan fingerprint density at radius 2 is 1.92 bits per heavy atom. The molecule has 3 rings (SSSR count). The molecule has 2 aromatic rings. The topological polar surface area (TPSA) is 50.3 Å². The van der Waals surface area contributed by atoms with Crippen LogP contribution in [-0.4, -0.2) is 33.5 Å². The van der Waals surface area contributed by atoms with E-state index >= 15 is 0 Å². The van der Waals surface area contributed by atoms with Gasteiger partial charge in [0.1, 0.15) is 0 Å². The second-order valence-electron chi connectivity index (χ2n) is 6.41. The molecule has 1 fully saturated rings. The molecule has 1 aliphatic heterocycles. The van der Waals surface area contributed by atoms with Gasteiger partial charge in [-0.3, -0.25) is 14.5 Å². The summed E-state index contributed by atoms with van der Waals surface area (Å²) in [6, 6.07) is 7.95. The Bertz CT molecular complexity index is 711. The number of nitrogens with zero attached hydrogens (tertiary/aromatic N) is 2. The van der Waals surface area contributed by atoms with Crippen LogP contribution in [0.2, 0.25) is 0 Å². The summed E-state index contributed by atoms with van der Waals surface area (Å²) in [5, 5.41) is -0.312. The van der Waals surface area contributed by atoms with Gasteiger partial charge in [-0.1, -0.05) is 62.9 Å². The van der Waals surface area contributed by atoms with Crippen molar-refractivity contribution in [1.82, 2.24) is 9.88 Å². The summed E-state index contributed by atoms with van der Waals surface area (Å²) < 4.78 is 1.99. The molecule has 25 heavy (non-hydrogen) atoms. The van der Waals surface area contributed by atoms with Gasteiger partial charge in [0.15, 0.2) is 4.34 Å². The predicted molar refractivity (Wildman–Crippen MR) is 104 cm³/mol. The lowest BCUT2D eigenvalue weighted by molar-refractivity contribution is -0.138. The Kier molecular flexibility index (Phi) is 6.48. The lowest BCUT2D eigenvalue weighted by Gasteiger charge is -2.14. The number of amides is 2. The number of benzene rings is 1. The molecule has 2 heterocycles. The number of hydrogen-bond acceptors (Lipinski definition) is 5. The Hall–Kier alpha value is -1.40. The molecule has 134 valence electrons. The van der Waals surface area contributed by atoms with Gasteiger partial charge in [-0.2, -0.15) is 0 Å². The molecule has 0 radical (unpaired) electrons. The Morgan fingerprint density at radius 3 is 2.72 bits per heavy atom. The van der Waals surface area contributed by atoms with E-state index in [9.17, 15) is 9.59 Å². The van der Waals surface area contributed by atoms with Crippen molar-refractivity contribution in [3.8, 4) is 0 Å². The highest BCUT2D eigenvalue weighted by atomic mass is 32.2. The number of thiazole rings is 1. The highest BCUT2D eigenvalue weighted by molar-refractivity contribution is 8.02. The first-order chi connectivity index (χ1) is 12.2. The maximum absolute atomic E-state index is 12.6. The van der Waals surface area contributed by atoms with Crippen LogP contribution in [0.15, 0.2) is 28.6 Å². The van der Waals surface area contributed by atoms with Crippen molar-refractivity contribution in [2.24, 2.45) is 0 Å². The number of imide groups is 1. The predicted octanol–water partition coefficient (Wildman–Crippen LogP) is 4.88. The zero-order valence-corrected chi connectivity index (χ0v) is 16.2. The molecule has 1 aromatic heterocycles. The van der Waals surface area contributed by atoms with E-state index < -0.39 is 0 Å². The van der Waals surface area contributed by atoms with Crippen molar-refractivity contribution in [3.05, 3.63) is 24.3 Å². The number of likely N-dealkylation sites (tertiary alicyclic amines) is 1. The second kappa shape index (κ2) is 8.81. The Morgan fingerprint density at radius 1 is 1.16 bits per heavy atom. The van der Waals surface area contributed by atoms with E-state index in [0.717, 1.165) is 27.4 Å². The lowest BCUT2D eigenvalue weighted by Crippen LogP contribution is -2.32. The second-order valence-corrected chi connectivity index (χ2v) is 8.89. The number of unbranched alkanes of at least 4 members (excludes halogenated alkanes) is 5. The molecule has 1 aromatic carbocycles. The molecule has 1 atom stereocenters. The van der Waals surface area contributed by atoms with Crippen LogP contribution in [0.3, 0.4) is 0 Å². The van der Waals surface area contributed by atoms with E-state index in [1.165, 1.54) is 42.3 Å². The largest absolute Gasteiger partial charge is 0.282 e. The van der Waals surface area contributed by atoms with Crippen LogP contribution >= 0.6 is 23.1 Å². The van der Waals surface area contributed by atoms with Crippen LogP contribution in [0.25, 0.3) is 10.2 Å². The van der Waals surface area contributed by atoms with Crippen molar-refractivity contribution < 1.29 is 9.59 Å². The smallest absolute Gasteiger partial charge is 0.243 e.